The third-order valence-corrected chi connectivity index (χ3v) is 2.86. The Labute approximate surface area is 115 Å². The molecule has 1 amide bonds. The van der Waals surface area contributed by atoms with E-state index < -0.39 is 0 Å². The third-order valence-electron chi connectivity index (χ3n) is 2.86. The fraction of sp³-hybridized carbons (Fsp3) is 0.0667. The highest BCUT2D eigenvalue weighted by Crippen LogP contribution is 2.13. The monoisotopic (exact) mass is 264 g/mol. The van der Waals surface area contributed by atoms with Gasteiger partial charge in [-0.25, -0.2) is 9.97 Å². The molecule has 1 N–H and O–H groups in total. The zero-order chi connectivity index (χ0) is 13.9. The summed E-state index contributed by atoms with van der Waals surface area (Å²) in [6.07, 6.45) is 4.65. The van der Waals surface area contributed by atoms with Crippen molar-refractivity contribution in [2.45, 2.75) is 6.92 Å². The van der Waals surface area contributed by atoms with Crippen LogP contribution in [0.4, 0.5) is 5.69 Å². The van der Waals surface area contributed by atoms with Gasteiger partial charge >= 0.3 is 0 Å². The van der Waals surface area contributed by atoms with Gasteiger partial charge < -0.3 is 5.32 Å². The predicted molar refractivity (Wildman–Crippen MR) is 76.5 cm³/mol. The van der Waals surface area contributed by atoms with Crippen molar-refractivity contribution in [3.8, 4) is 0 Å². The summed E-state index contributed by atoms with van der Waals surface area (Å²) >= 11 is 0. The Morgan fingerprint density at radius 1 is 1.10 bits per heavy atom. The van der Waals surface area contributed by atoms with Crippen LogP contribution in [0.5, 0.6) is 0 Å². The summed E-state index contributed by atoms with van der Waals surface area (Å²) in [5.74, 6) is -0.212. The Hall–Kier alpha value is -2.82. The van der Waals surface area contributed by atoms with Crippen LogP contribution in [-0.4, -0.2) is 20.9 Å². The average Bonchev–Trinajstić information content (AvgIpc) is 2.47. The number of nitrogens with zero attached hydrogens (tertiary/aromatic N) is 3. The summed E-state index contributed by atoms with van der Waals surface area (Å²) in [6, 6.07) is 9.31. The molecule has 0 saturated heterocycles. The number of aryl methyl sites for hydroxylation is 1. The highest BCUT2D eigenvalue weighted by molar-refractivity contribution is 6.05. The number of fused-ring (bicyclic) bond motifs is 1. The number of nitrogens with one attached hydrogen (secondary N) is 1. The van der Waals surface area contributed by atoms with Crippen LogP contribution in [-0.2, 0) is 0 Å². The molecule has 3 aromatic rings. The van der Waals surface area contributed by atoms with Gasteiger partial charge in [0.2, 0.25) is 0 Å². The van der Waals surface area contributed by atoms with Crippen molar-refractivity contribution in [1.82, 2.24) is 15.0 Å². The van der Waals surface area contributed by atoms with E-state index in [1.807, 2.05) is 31.2 Å². The molecule has 0 atom stereocenters. The van der Waals surface area contributed by atoms with Gasteiger partial charge in [-0.2, -0.15) is 0 Å². The van der Waals surface area contributed by atoms with Crippen LogP contribution in [0.1, 0.15) is 15.9 Å². The van der Waals surface area contributed by atoms with Crippen molar-refractivity contribution >= 4 is 22.8 Å². The molecule has 0 unspecified atom stereocenters. The van der Waals surface area contributed by atoms with Gasteiger partial charge in [-0.1, -0.05) is 12.1 Å². The molecule has 2 heterocycles. The van der Waals surface area contributed by atoms with Gasteiger partial charge in [0.15, 0.2) is 5.65 Å². The van der Waals surface area contributed by atoms with Crippen molar-refractivity contribution in [3.63, 3.8) is 0 Å². The molecule has 5 heteroatoms. The lowest BCUT2D eigenvalue weighted by Crippen LogP contribution is -2.12. The van der Waals surface area contributed by atoms with E-state index in [2.05, 4.69) is 20.3 Å². The van der Waals surface area contributed by atoms with E-state index in [0.717, 1.165) is 11.3 Å². The number of carbonyl (C=O) groups excluding carboxylic acids is 1. The number of aromatic nitrogens is 3. The topological polar surface area (TPSA) is 67.8 Å². The molecule has 0 fully saturated rings. The van der Waals surface area contributed by atoms with E-state index in [0.29, 0.717) is 16.7 Å². The summed E-state index contributed by atoms with van der Waals surface area (Å²) in [5.41, 5.74) is 3.43. The van der Waals surface area contributed by atoms with Crippen LogP contribution < -0.4 is 5.32 Å². The van der Waals surface area contributed by atoms with Crippen LogP contribution in [0.25, 0.3) is 11.2 Å². The van der Waals surface area contributed by atoms with Crippen LogP contribution in [0.15, 0.2) is 48.9 Å². The molecule has 98 valence electrons. The molecule has 0 radical (unpaired) electrons. The van der Waals surface area contributed by atoms with Gasteiger partial charge in [0.1, 0.15) is 5.52 Å². The molecule has 20 heavy (non-hydrogen) atoms. The van der Waals surface area contributed by atoms with Crippen LogP contribution in [0, 0.1) is 6.92 Å². The first-order valence-corrected chi connectivity index (χ1v) is 6.17. The normalized spacial score (nSPS) is 10.4. The van der Waals surface area contributed by atoms with Crippen molar-refractivity contribution in [3.05, 3.63) is 60.0 Å². The molecule has 5 nitrogen and oxygen atoms in total. The largest absolute Gasteiger partial charge is 0.322 e. The molecule has 3 rings (SSSR count). The SMILES string of the molecule is Cc1cccc(NC(=O)c2cnc3nccnc3c2)c1. The van der Waals surface area contributed by atoms with Gasteiger partial charge in [0, 0.05) is 24.3 Å². The maximum absolute atomic E-state index is 12.2. The van der Waals surface area contributed by atoms with Gasteiger partial charge in [-0.15, -0.1) is 0 Å². The second-order valence-corrected chi connectivity index (χ2v) is 4.45. The molecule has 0 saturated carbocycles. The molecule has 2 aromatic heterocycles. The summed E-state index contributed by atoms with van der Waals surface area (Å²) in [5, 5.41) is 2.84. The number of amides is 1. The van der Waals surface area contributed by atoms with E-state index in [9.17, 15) is 4.79 Å². The minimum atomic E-state index is -0.212. The minimum Gasteiger partial charge on any atom is -0.322 e. The lowest BCUT2D eigenvalue weighted by atomic mass is 10.2. The van der Waals surface area contributed by atoms with Crippen molar-refractivity contribution in [2.24, 2.45) is 0 Å². The Morgan fingerprint density at radius 2 is 1.95 bits per heavy atom. The first-order chi connectivity index (χ1) is 9.72. The van der Waals surface area contributed by atoms with Crippen LogP contribution in [0.2, 0.25) is 0 Å². The van der Waals surface area contributed by atoms with E-state index in [-0.39, 0.29) is 5.91 Å². The highest BCUT2D eigenvalue weighted by Gasteiger charge is 2.08. The molecular formula is C15H12N4O. The second kappa shape index (κ2) is 5.05. The van der Waals surface area contributed by atoms with E-state index in [4.69, 9.17) is 0 Å². The number of pyridine rings is 1. The maximum Gasteiger partial charge on any atom is 0.257 e. The summed E-state index contributed by atoms with van der Waals surface area (Å²) in [7, 11) is 0. The van der Waals surface area contributed by atoms with Gasteiger partial charge in [0.05, 0.1) is 5.56 Å². The molecule has 0 bridgehead atoms. The Kier molecular flexibility index (Phi) is 3.09. The summed E-state index contributed by atoms with van der Waals surface area (Å²) < 4.78 is 0. The summed E-state index contributed by atoms with van der Waals surface area (Å²) in [4.78, 5) is 24.5. The standard InChI is InChI=1S/C15H12N4O/c1-10-3-2-4-12(7-10)19-15(20)11-8-13-14(18-9-11)17-6-5-16-13/h2-9H,1H3,(H,19,20). The fourth-order valence-electron chi connectivity index (χ4n) is 1.91. The molecule has 0 aliphatic carbocycles. The van der Waals surface area contributed by atoms with Crippen molar-refractivity contribution in [1.29, 1.82) is 0 Å². The predicted octanol–water partition coefficient (Wildman–Crippen LogP) is 2.59. The molecule has 0 aliphatic heterocycles. The molecule has 1 aromatic carbocycles. The molecular weight excluding hydrogens is 252 g/mol. The lowest BCUT2D eigenvalue weighted by Gasteiger charge is -2.06. The Morgan fingerprint density at radius 3 is 2.80 bits per heavy atom. The lowest BCUT2D eigenvalue weighted by molar-refractivity contribution is 0.102. The average molecular weight is 264 g/mol. The number of hydrogen-bond donors (Lipinski definition) is 1. The molecule has 0 spiro atoms. The van der Waals surface area contributed by atoms with Crippen molar-refractivity contribution < 1.29 is 4.79 Å². The Balaban J connectivity index is 1.88. The second-order valence-electron chi connectivity index (χ2n) is 4.45. The number of hydrogen-bond acceptors (Lipinski definition) is 4. The first-order valence-electron chi connectivity index (χ1n) is 6.17. The molecule has 0 aliphatic rings. The Bertz CT molecular complexity index is 785. The number of carbonyl (C=O) groups is 1. The highest BCUT2D eigenvalue weighted by atomic mass is 16.1. The van der Waals surface area contributed by atoms with Crippen LogP contribution in [0.3, 0.4) is 0 Å². The van der Waals surface area contributed by atoms with E-state index in [1.165, 1.54) is 6.20 Å². The van der Waals surface area contributed by atoms with Gasteiger partial charge in [0.25, 0.3) is 5.91 Å². The van der Waals surface area contributed by atoms with Crippen molar-refractivity contribution in [2.75, 3.05) is 5.32 Å². The smallest absolute Gasteiger partial charge is 0.257 e. The number of rotatable bonds is 2. The van der Waals surface area contributed by atoms with Gasteiger partial charge in [-0.05, 0) is 30.7 Å². The zero-order valence-electron chi connectivity index (χ0n) is 10.9. The number of anilines is 1. The zero-order valence-corrected chi connectivity index (χ0v) is 10.9. The van der Waals surface area contributed by atoms with E-state index in [1.54, 1.807) is 18.5 Å². The van der Waals surface area contributed by atoms with Gasteiger partial charge in [-0.3, -0.25) is 9.78 Å². The fourth-order valence-corrected chi connectivity index (χ4v) is 1.91. The summed E-state index contributed by atoms with van der Waals surface area (Å²) in [6.45, 7) is 1.98. The first kappa shape index (κ1) is 12.2. The number of benzene rings is 1. The third kappa shape index (κ3) is 2.47. The quantitative estimate of drug-likeness (QED) is 0.772. The minimum absolute atomic E-state index is 0.212. The van der Waals surface area contributed by atoms with E-state index >= 15 is 0 Å². The maximum atomic E-state index is 12.2. The van der Waals surface area contributed by atoms with Crippen LogP contribution >= 0.6 is 0 Å².